The minimum Gasteiger partial charge on any atom is -0.478 e. The first-order chi connectivity index (χ1) is 13.0. The van der Waals surface area contributed by atoms with Gasteiger partial charge in [0.15, 0.2) is 0 Å². The summed E-state index contributed by atoms with van der Waals surface area (Å²) in [5.41, 5.74) is 0.229. The van der Waals surface area contributed by atoms with Gasteiger partial charge in [-0.15, -0.1) is 0 Å². The molecule has 0 unspecified atom stereocenters. The van der Waals surface area contributed by atoms with Crippen molar-refractivity contribution in [3.8, 4) is 0 Å². The van der Waals surface area contributed by atoms with E-state index in [2.05, 4.69) is 0 Å². The molecule has 0 aliphatic carbocycles. The zero-order chi connectivity index (χ0) is 19.4. The average Bonchev–Trinajstić information content (AvgIpc) is 2.67. The molecule has 2 aromatic rings. The van der Waals surface area contributed by atoms with Crippen LogP contribution in [0, 0.1) is 11.6 Å². The molecular formula is C19H18F2N2O4. The molecule has 0 spiro atoms. The van der Waals surface area contributed by atoms with Gasteiger partial charge in [0.25, 0.3) is 0 Å². The number of anilines is 1. The van der Waals surface area contributed by atoms with Crippen molar-refractivity contribution in [1.82, 2.24) is 4.90 Å². The van der Waals surface area contributed by atoms with E-state index in [9.17, 15) is 18.4 Å². The number of urea groups is 1. The van der Waals surface area contributed by atoms with E-state index in [1.165, 1.54) is 35.2 Å². The normalized spacial score (nSPS) is 14.1. The molecule has 6 nitrogen and oxygen atoms in total. The smallest absolute Gasteiger partial charge is 0.335 e. The number of rotatable bonds is 4. The van der Waals surface area contributed by atoms with Gasteiger partial charge in [-0.2, -0.15) is 0 Å². The van der Waals surface area contributed by atoms with E-state index in [-0.39, 0.29) is 23.4 Å². The number of morpholine rings is 1. The quantitative estimate of drug-likeness (QED) is 0.890. The number of ether oxygens (including phenoxy) is 1. The molecule has 0 radical (unpaired) electrons. The molecule has 27 heavy (non-hydrogen) atoms. The van der Waals surface area contributed by atoms with Gasteiger partial charge in [0.05, 0.1) is 25.3 Å². The molecule has 0 saturated carbocycles. The standard InChI is InChI=1S/C19H18F2N2O4/c20-15-2-1-3-16(11-15)23(19(26)22-6-8-27-9-7-22)12-14-5-4-13(18(24)25)10-17(14)21/h1-5,10-11H,6-9,12H2,(H,24,25). The van der Waals surface area contributed by atoms with E-state index in [1.807, 2.05) is 0 Å². The first kappa shape index (κ1) is 18.8. The van der Waals surface area contributed by atoms with Crippen LogP contribution >= 0.6 is 0 Å². The van der Waals surface area contributed by atoms with Gasteiger partial charge in [-0.1, -0.05) is 12.1 Å². The average molecular weight is 376 g/mol. The maximum absolute atomic E-state index is 14.4. The van der Waals surface area contributed by atoms with Crippen LogP contribution in [0.1, 0.15) is 15.9 Å². The number of hydrogen-bond acceptors (Lipinski definition) is 3. The SMILES string of the molecule is O=C(O)c1ccc(CN(C(=O)N2CCOCC2)c2cccc(F)c2)c(F)c1. The summed E-state index contributed by atoms with van der Waals surface area (Å²) in [4.78, 5) is 26.8. The number of carbonyl (C=O) groups excluding carboxylic acids is 1. The van der Waals surface area contributed by atoms with E-state index >= 15 is 0 Å². The first-order valence-electron chi connectivity index (χ1n) is 8.37. The van der Waals surface area contributed by atoms with Crippen LogP contribution in [-0.2, 0) is 11.3 Å². The van der Waals surface area contributed by atoms with Crippen LogP contribution in [0.2, 0.25) is 0 Å². The van der Waals surface area contributed by atoms with Crippen LogP contribution in [0.25, 0.3) is 0 Å². The van der Waals surface area contributed by atoms with Gasteiger partial charge < -0.3 is 14.7 Å². The van der Waals surface area contributed by atoms with E-state index < -0.39 is 23.6 Å². The van der Waals surface area contributed by atoms with Gasteiger partial charge in [0.2, 0.25) is 0 Å². The van der Waals surface area contributed by atoms with Gasteiger partial charge in [0.1, 0.15) is 11.6 Å². The minimum atomic E-state index is -1.24. The molecule has 1 N–H and O–H groups in total. The Hall–Kier alpha value is -3.00. The molecule has 0 aromatic heterocycles. The Kier molecular flexibility index (Phi) is 5.66. The van der Waals surface area contributed by atoms with Crippen molar-refractivity contribution in [3.63, 3.8) is 0 Å². The topological polar surface area (TPSA) is 70.1 Å². The lowest BCUT2D eigenvalue weighted by molar-refractivity contribution is 0.0548. The Morgan fingerprint density at radius 1 is 1.11 bits per heavy atom. The predicted molar refractivity (Wildman–Crippen MR) is 93.7 cm³/mol. The van der Waals surface area contributed by atoms with Crippen molar-refractivity contribution in [1.29, 1.82) is 0 Å². The van der Waals surface area contributed by atoms with Crippen molar-refractivity contribution in [3.05, 3.63) is 65.2 Å². The second-order valence-corrected chi connectivity index (χ2v) is 6.06. The molecule has 0 bridgehead atoms. The lowest BCUT2D eigenvalue weighted by Gasteiger charge is -2.33. The summed E-state index contributed by atoms with van der Waals surface area (Å²) >= 11 is 0. The summed E-state index contributed by atoms with van der Waals surface area (Å²) in [7, 11) is 0. The summed E-state index contributed by atoms with van der Waals surface area (Å²) in [6, 6.07) is 8.57. The fraction of sp³-hybridized carbons (Fsp3) is 0.263. The second kappa shape index (κ2) is 8.13. The Bertz CT molecular complexity index is 853. The van der Waals surface area contributed by atoms with Crippen molar-refractivity contribution in [2.45, 2.75) is 6.54 Å². The Labute approximate surface area is 154 Å². The summed E-state index contributed by atoms with van der Waals surface area (Å²) in [5, 5.41) is 8.96. The van der Waals surface area contributed by atoms with E-state index in [4.69, 9.17) is 9.84 Å². The van der Waals surface area contributed by atoms with Gasteiger partial charge in [-0.3, -0.25) is 4.90 Å². The summed E-state index contributed by atoms with van der Waals surface area (Å²) in [5.74, 6) is -2.51. The lowest BCUT2D eigenvalue weighted by Crippen LogP contribution is -2.48. The monoisotopic (exact) mass is 376 g/mol. The Balaban J connectivity index is 1.92. The van der Waals surface area contributed by atoms with Gasteiger partial charge in [0, 0.05) is 24.3 Å². The number of aromatic carboxylic acids is 1. The first-order valence-corrected chi connectivity index (χ1v) is 8.37. The molecule has 1 aliphatic rings. The minimum absolute atomic E-state index is 0.130. The third-order valence-electron chi connectivity index (χ3n) is 4.26. The number of halogens is 2. The molecule has 1 aliphatic heterocycles. The fourth-order valence-corrected chi connectivity index (χ4v) is 2.82. The maximum atomic E-state index is 14.4. The lowest BCUT2D eigenvalue weighted by atomic mass is 10.1. The van der Waals surface area contributed by atoms with Crippen LogP contribution < -0.4 is 4.90 Å². The largest absolute Gasteiger partial charge is 0.478 e. The van der Waals surface area contributed by atoms with Crippen molar-refractivity contribution < 1.29 is 28.2 Å². The van der Waals surface area contributed by atoms with Crippen molar-refractivity contribution >= 4 is 17.7 Å². The number of carboxylic acid groups (broad SMARTS) is 1. The molecule has 142 valence electrons. The molecule has 3 rings (SSSR count). The highest BCUT2D eigenvalue weighted by Gasteiger charge is 2.25. The summed E-state index contributed by atoms with van der Waals surface area (Å²) in [6.45, 7) is 1.39. The summed E-state index contributed by atoms with van der Waals surface area (Å²) in [6.07, 6.45) is 0. The summed E-state index contributed by atoms with van der Waals surface area (Å²) < 4.78 is 33.3. The highest BCUT2D eigenvalue weighted by atomic mass is 19.1. The second-order valence-electron chi connectivity index (χ2n) is 6.06. The van der Waals surface area contributed by atoms with Crippen LogP contribution in [0.15, 0.2) is 42.5 Å². The molecule has 0 atom stereocenters. The third kappa shape index (κ3) is 4.40. The zero-order valence-corrected chi connectivity index (χ0v) is 14.4. The van der Waals surface area contributed by atoms with Crippen molar-refractivity contribution in [2.75, 3.05) is 31.2 Å². The van der Waals surface area contributed by atoms with E-state index in [0.29, 0.717) is 26.3 Å². The van der Waals surface area contributed by atoms with Gasteiger partial charge in [-0.25, -0.2) is 18.4 Å². The van der Waals surface area contributed by atoms with Crippen molar-refractivity contribution in [2.24, 2.45) is 0 Å². The molecule has 2 aromatic carbocycles. The molecule has 8 heteroatoms. The van der Waals surface area contributed by atoms with Crippen LogP contribution in [0.4, 0.5) is 19.3 Å². The number of amides is 2. The number of nitrogens with zero attached hydrogens (tertiary/aromatic N) is 2. The number of hydrogen-bond donors (Lipinski definition) is 1. The number of carboxylic acids is 1. The zero-order valence-electron chi connectivity index (χ0n) is 14.4. The van der Waals surface area contributed by atoms with Crippen LogP contribution in [0.3, 0.4) is 0 Å². The third-order valence-corrected chi connectivity index (χ3v) is 4.26. The Morgan fingerprint density at radius 3 is 2.48 bits per heavy atom. The van der Waals surface area contributed by atoms with Crippen LogP contribution in [0.5, 0.6) is 0 Å². The molecule has 1 fully saturated rings. The van der Waals surface area contributed by atoms with Gasteiger partial charge >= 0.3 is 12.0 Å². The maximum Gasteiger partial charge on any atom is 0.335 e. The molecule has 1 saturated heterocycles. The van der Waals surface area contributed by atoms with Crippen LogP contribution in [-0.4, -0.2) is 48.3 Å². The molecular weight excluding hydrogens is 358 g/mol. The van der Waals surface area contributed by atoms with Gasteiger partial charge in [-0.05, 0) is 30.3 Å². The highest BCUT2D eigenvalue weighted by molar-refractivity contribution is 5.92. The number of carbonyl (C=O) groups is 2. The van der Waals surface area contributed by atoms with E-state index in [0.717, 1.165) is 6.07 Å². The number of benzene rings is 2. The molecule has 1 heterocycles. The molecule has 2 amide bonds. The van der Waals surface area contributed by atoms with E-state index in [1.54, 1.807) is 11.0 Å². The predicted octanol–water partition coefficient (Wildman–Crippen LogP) is 3.12. The fourth-order valence-electron chi connectivity index (χ4n) is 2.82. The highest BCUT2D eigenvalue weighted by Crippen LogP contribution is 2.22. The Morgan fingerprint density at radius 2 is 1.85 bits per heavy atom.